The predicted molar refractivity (Wildman–Crippen MR) is 70.0 cm³/mol. The summed E-state index contributed by atoms with van der Waals surface area (Å²) >= 11 is 0. The molecule has 1 aromatic carbocycles. The molecule has 0 spiro atoms. The van der Waals surface area contributed by atoms with Crippen molar-refractivity contribution < 1.29 is 47.0 Å². The van der Waals surface area contributed by atoms with Gasteiger partial charge in [-0.1, -0.05) is 0 Å². The van der Waals surface area contributed by atoms with Crippen molar-refractivity contribution >= 4 is 23.3 Å². The maximum atomic E-state index is 11.3. The Labute approximate surface area is 138 Å². The quantitative estimate of drug-likeness (QED) is 0.511. The molecule has 0 heterocycles. The monoisotopic (exact) mass is 337 g/mol. The molecule has 5 nitrogen and oxygen atoms in total. The van der Waals surface area contributed by atoms with Gasteiger partial charge in [0.05, 0.1) is 7.11 Å². The average molecular weight is 337 g/mol. The van der Waals surface area contributed by atoms with Crippen LogP contribution in [0.5, 0.6) is 0 Å². The zero-order chi connectivity index (χ0) is 13.5. The van der Waals surface area contributed by atoms with E-state index in [4.69, 9.17) is 0 Å². The van der Waals surface area contributed by atoms with Crippen LogP contribution in [0.25, 0.3) is 0 Å². The second-order valence-electron chi connectivity index (χ2n) is 3.48. The Kier molecular flexibility index (Phi) is 8.60. The van der Waals surface area contributed by atoms with Gasteiger partial charge in [0.2, 0.25) is 0 Å². The fourth-order valence-electron chi connectivity index (χ4n) is 1.40. The van der Waals surface area contributed by atoms with Crippen molar-refractivity contribution in [3.05, 3.63) is 38.1 Å². The van der Waals surface area contributed by atoms with E-state index in [9.17, 15) is 9.59 Å². The van der Waals surface area contributed by atoms with E-state index < -0.39 is 11.9 Å². The van der Waals surface area contributed by atoms with E-state index in [1.54, 1.807) is 12.1 Å². The van der Waals surface area contributed by atoms with Crippen LogP contribution < -0.4 is 10.2 Å². The standard InChI is InChI=1S/C13H16N2O3.Y/c1-4-15(5-2)11-8-6-10(7-9-11)14-12(16)13(17)18-3;/h6-9H,1-2,4-5H2,3H3,(H,14,16);/q-2;. The van der Waals surface area contributed by atoms with Crippen LogP contribution in [-0.2, 0) is 47.0 Å². The van der Waals surface area contributed by atoms with Gasteiger partial charge in [-0.05, 0) is 24.3 Å². The summed E-state index contributed by atoms with van der Waals surface area (Å²) in [4.78, 5) is 24.1. The van der Waals surface area contributed by atoms with E-state index in [1.807, 2.05) is 17.0 Å². The molecular formula is C13H16N2O3Y-2. The van der Waals surface area contributed by atoms with Gasteiger partial charge in [-0.2, -0.15) is 0 Å². The third-order valence-corrected chi connectivity index (χ3v) is 2.40. The normalized spacial score (nSPS) is 9.21. The Morgan fingerprint density at radius 3 is 2.16 bits per heavy atom. The molecule has 101 valence electrons. The van der Waals surface area contributed by atoms with Crippen LogP contribution in [0.3, 0.4) is 0 Å². The molecule has 6 heteroatoms. The molecule has 0 atom stereocenters. The molecule has 1 N–H and O–H groups in total. The Balaban J connectivity index is 0.00000324. The fraction of sp³-hybridized carbons (Fsp3) is 0.231. The first-order chi connectivity index (χ1) is 8.62. The van der Waals surface area contributed by atoms with Gasteiger partial charge in [-0.3, -0.25) is 4.79 Å². The molecule has 0 aliphatic carbocycles. The van der Waals surface area contributed by atoms with Crippen LogP contribution >= 0.6 is 0 Å². The number of methoxy groups -OCH3 is 1. The third kappa shape index (κ3) is 5.29. The van der Waals surface area contributed by atoms with Gasteiger partial charge >= 0.3 is 11.9 Å². The number of amides is 1. The van der Waals surface area contributed by atoms with Crippen molar-refractivity contribution in [2.45, 2.75) is 0 Å². The fourth-order valence-corrected chi connectivity index (χ4v) is 1.40. The number of benzene rings is 1. The molecule has 0 unspecified atom stereocenters. The topological polar surface area (TPSA) is 58.6 Å². The van der Waals surface area contributed by atoms with Gasteiger partial charge in [-0.15, -0.1) is 13.1 Å². The van der Waals surface area contributed by atoms with E-state index in [2.05, 4.69) is 23.9 Å². The summed E-state index contributed by atoms with van der Waals surface area (Å²) in [7, 11) is 1.16. The van der Waals surface area contributed by atoms with Gasteiger partial charge in [0.25, 0.3) is 0 Å². The van der Waals surface area contributed by atoms with Gasteiger partial charge < -0.3 is 28.8 Å². The minimum Gasteiger partial charge on any atom is -0.462 e. The molecule has 0 saturated heterocycles. The molecule has 1 radical (unpaired) electrons. The third-order valence-electron chi connectivity index (χ3n) is 2.40. The van der Waals surface area contributed by atoms with Crippen LogP contribution in [0.1, 0.15) is 0 Å². The number of esters is 1. The molecule has 19 heavy (non-hydrogen) atoms. The molecule has 1 amide bonds. The van der Waals surface area contributed by atoms with Gasteiger partial charge in [0.15, 0.2) is 0 Å². The summed E-state index contributed by atoms with van der Waals surface area (Å²) in [6, 6.07) is 7.05. The Bertz CT molecular complexity index is 416. The van der Waals surface area contributed by atoms with Gasteiger partial charge in [-0.25, -0.2) is 4.79 Å². The Morgan fingerprint density at radius 2 is 1.74 bits per heavy atom. The number of anilines is 2. The van der Waals surface area contributed by atoms with E-state index in [0.29, 0.717) is 18.8 Å². The van der Waals surface area contributed by atoms with Gasteiger partial charge in [0.1, 0.15) is 0 Å². The first-order valence-electron chi connectivity index (χ1n) is 5.45. The molecule has 1 rings (SSSR count). The molecule has 0 fully saturated rings. The molecule has 0 aliphatic rings. The van der Waals surface area contributed by atoms with Crippen LogP contribution in [0.2, 0.25) is 0 Å². The van der Waals surface area contributed by atoms with Crippen molar-refractivity contribution in [1.29, 1.82) is 0 Å². The molecule has 0 aliphatic heterocycles. The maximum absolute atomic E-state index is 11.3. The molecule has 0 bridgehead atoms. The Hall–Kier alpha value is -0.936. The SMILES string of the molecule is [CH2-]CN(C[CH2-])c1ccc(NC(=O)C(=O)OC)cc1.[Y]. The van der Waals surface area contributed by atoms with Crippen LogP contribution in [-0.4, -0.2) is 32.1 Å². The number of rotatable bonds is 4. The minimum atomic E-state index is -0.920. The molecule has 0 saturated carbocycles. The minimum absolute atomic E-state index is 0. The number of carbonyl (C=O) groups is 2. The van der Waals surface area contributed by atoms with E-state index in [0.717, 1.165) is 12.8 Å². The summed E-state index contributed by atoms with van der Waals surface area (Å²) in [5.41, 5.74) is 1.48. The largest absolute Gasteiger partial charge is 0.462 e. The predicted octanol–water partition coefficient (Wildman–Crippen LogP) is 1.27. The summed E-state index contributed by atoms with van der Waals surface area (Å²) < 4.78 is 4.31. The first-order valence-corrected chi connectivity index (χ1v) is 5.45. The molecular weight excluding hydrogens is 321 g/mol. The summed E-state index contributed by atoms with van der Waals surface area (Å²) in [5.74, 6) is -1.72. The summed E-state index contributed by atoms with van der Waals surface area (Å²) in [6.45, 7) is 8.80. The van der Waals surface area contributed by atoms with Crippen molar-refractivity contribution in [3.63, 3.8) is 0 Å². The second kappa shape index (κ2) is 9.05. The number of ether oxygens (including phenoxy) is 1. The number of carbonyl (C=O) groups excluding carboxylic acids is 2. The van der Waals surface area contributed by atoms with E-state index in [-0.39, 0.29) is 32.7 Å². The van der Waals surface area contributed by atoms with Crippen molar-refractivity contribution in [2.75, 3.05) is 30.4 Å². The molecule has 0 aromatic heterocycles. The van der Waals surface area contributed by atoms with Crippen molar-refractivity contribution in [1.82, 2.24) is 0 Å². The van der Waals surface area contributed by atoms with Crippen molar-refractivity contribution in [3.8, 4) is 0 Å². The summed E-state index contributed by atoms with van der Waals surface area (Å²) in [6.07, 6.45) is 0. The summed E-state index contributed by atoms with van der Waals surface area (Å²) in [5, 5.41) is 2.43. The van der Waals surface area contributed by atoms with E-state index >= 15 is 0 Å². The van der Waals surface area contributed by atoms with Crippen molar-refractivity contribution in [2.24, 2.45) is 0 Å². The second-order valence-corrected chi connectivity index (χ2v) is 3.48. The first kappa shape index (κ1) is 18.1. The number of nitrogens with zero attached hydrogens (tertiary/aromatic N) is 1. The van der Waals surface area contributed by atoms with Crippen LogP contribution in [0.15, 0.2) is 24.3 Å². The van der Waals surface area contributed by atoms with E-state index in [1.165, 1.54) is 0 Å². The van der Waals surface area contributed by atoms with Crippen LogP contribution in [0.4, 0.5) is 11.4 Å². The maximum Gasteiger partial charge on any atom is 0.396 e. The number of hydrogen-bond donors (Lipinski definition) is 1. The van der Waals surface area contributed by atoms with Gasteiger partial charge in [0, 0.05) is 44.1 Å². The van der Waals surface area contributed by atoms with Crippen LogP contribution in [0, 0.1) is 13.8 Å². The number of nitrogens with one attached hydrogen (secondary N) is 1. The molecule has 1 aromatic rings. The zero-order valence-electron chi connectivity index (χ0n) is 10.9. The average Bonchev–Trinajstić information content (AvgIpc) is 2.41. The smallest absolute Gasteiger partial charge is 0.396 e. The zero-order valence-corrected chi connectivity index (χ0v) is 13.7. The number of hydrogen-bond acceptors (Lipinski definition) is 4. The Morgan fingerprint density at radius 1 is 1.21 bits per heavy atom.